The van der Waals surface area contributed by atoms with Gasteiger partial charge in [0.1, 0.15) is 5.84 Å². The minimum absolute atomic E-state index is 0.0214. The predicted molar refractivity (Wildman–Crippen MR) is 122 cm³/mol. The molecule has 0 radical (unpaired) electrons. The third-order valence-corrected chi connectivity index (χ3v) is 7.18. The molecule has 2 aliphatic rings. The largest absolute Gasteiger partial charge is 0.371 e. The molecule has 4 rings (SSSR count). The minimum Gasteiger partial charge on any atom is -0.371 e. The van der Waals surface area contributed by atoms with E-state index in [1.165, 1.54) is 24.9 Å². The Morgan fingerprint density at radius 2 is 1.77 bits per heavy atom. The fourth-order valence-corrected chi connectivity index (χ4v) is 5.39. The van der Waals surface area contributed by atoms with Crippen LogP contribution < -0.4 is 9.62 Å². The lowest BCUT2D eigenvalue weighted by atomic mass is 10.1. The van der Waals surface area contributed by atoms with Crippen LogP contribution in [0.3, 0.4) is 0 Å². The number of carbonyl (C=O) groups excluding carboxylic acids is 1. The summed E-state index contributed by atoms with van der Waals surface area (Å²) < 4.78 is 26.8. The Morgan fingerprint density at radius 3 is 2.58 bits per heavy atom. The van der Waals surface area contributed by atoms with Crippen LogP contribution >= 0.6 is 0 Å². The molecule has 7 nitrogen and oxygen atoms in total. The number of aliphatic imine (C=N–C) groups is 1. The number of rotatable bonds is 6. The molecule has 2 aliphatic heterocycles. The van der Waals surface area contributed by atoms with Crippen molar-refractivity contribution in [2.45, 2.75) is 37.1 Å². The maximum atomic E-state index is 12.7. The number of fused-ring (bicyclic) bond motifs is 1. The first-order valence-electron chi connectivity index (χ1n) is 10.7. The maximum Gasteiger partial charge on any atom is 0.263 e. The summed E-state index contributed by atoms with van der Waals surface area (Å²) in [6, 6.07) is 15.0. The van der Waals surface area contributed by atoms with Crippen molar-refractivity contribution in [1.82, 2.24) is 9.62 Å². The summed E-state index contributed by atoms with van der Waals surface area (Å²) in [6.07, 6.45) is 3.91. The van der Waals surface area contributed by atoms with E-state index in [1.54, 1.807) is 36.2 Å². The number of benzene rings is 2. The second-order valence-electron chi connectivity index (χ2n) is 8.01. The molecule has 8 heteroatoms. The maximum absolute atomic E-state index is 12.7. The van der Waals surface area contributed by atoms with Crippen LogP contribution in [0.4, 0.5) is 5.69 Å². The van der Waals surface area contributed by atoms with Crippen molar-refractivity contribution in [3.8, 4) is 0 Å². The molecule has 0 spiro atoms. The molecule has 1 N–H and O–H groups in total. The van der Waals surface area contributed by atoms with Crippen molar-refractivity contribution in [2.24, 2.45) is 4.99 Å². The van der Waals surface area contributed by atoms with Gasteiger partial charge in [0.15, 0.2) is 0 Å². The number of hydrogen-bond acceptors (Lipinski definition) is 5. The third kappa shape index (κ3) is 4.74. The van der Waals surface area contributed by atoms with E-state index in [1.807, 2.05) is 12.1 Å². The Hall–Kier alpha value is -2.87. The van der Waals surface area contributed by atoms with E-state index < -0.39 is 10.0 Å². The highest BCUT2D eigenvalue weighted by molar-refractivity contribution is 7.90. The van der Waals surface area contributed by atoms with Crippen LogP contribution in [0, 0.1) is 0 Å². The number of amidine groups is 1. The number of para-hydroxylation sites is 1. The molecule has 1 fully saturated rings. The van der Waals surface area contributed by atoms with E-state index in [9.17, 15) is 13.2 Å². The number of sulfonamides is 1. The highest BCUT2D eigenvalue weighted by Crippen LogP contribution is 2.25. The fourth-order valence-electron chi connectivity index (χ4n) is 4.14. The van der Waals surface area contributed by atoms with Crippen molar-refractivity contribution < 1.29 is 13.2 Å². The number of hydrogen-bond donors (Lipinski definition) is 1. The molecule has 0 aliphatic carbocycles. The summed E-state index contributed by atoms with van der Waals surface area (Å²) in [7, 11) is -1.76. The van der Waals surface area contributed by atoms with Crippen molar-refractivity contribution in [3.63, 3.8) is 0 Å². The first kappa shape index (κ1) is 21.4. The lowest BCUT2D eigenvalue weighted by molar-refractivity contribution is -0.130. The highest BCUT2D eigenvalue weighted by atomic mass is 32.2. The third-order valence-electron chi connectivity index (χ3n) is 5.78. The molecule has 164 valence electrons. The van der Waals surface area contributed by atoms with Gasteiger partial charge >= 0.3 is 0 Å². The molecule has 0 aromatic heterocycles. The average molecular weight is 441 g/mol. The monoisotopic (exact) mass is 440 g/mol. The van der Waals surface area contributed by atoms with Gasteiger partial charge in [-0.3, -0.25) is 14.5 Å². The first-order chi connectivity index (χ1) is 15.0. The summed E-state index contributed by atoms with van der Waals surface area (Å²) in [5, 5.41) is 0. The number of piperidine rings is 1. The number of nitrogens with zero attached hydrogens (tertiary/aromatic N) is 3. The van der Waals surface area contributed by atoms with Crippen molar-refractivity contribution in [3.05, 3.63) is 59.7 Å². The van der Waals surface area contributed by atoms with Gasteiger partial charge in [-0.05, 0) is 43.0 Å². The summed E-state index contributed by atoms with van der Waals surface area (Å²) in [4.78, 5) is 21.4. The van der Waals surface area contributed by atoms with E-state index in [0.29, 0.717) is 17.9 Å². The van der Waals surface area contributed by atoms with Gasteiger partial charge in [0.25, 0.3) is 10.0 Å². The van der Waals surface area contributed by atoms with Gasteiger partial charge in [0, 0.05) is 44.4 Å². The Bertz CT molecular complexity index is 1090. The number of nitrogens with one attached hydrogen (secondary N) is 1. The zero-order chi connectivity index (χ0) is 21.8. The van der Waals surface area contributed by atoms with Gasteiger partial charge in [-0.1, -0.05) is 30.3 Å². The minimum atomic E-state index is -3.56. The lowest BCUT2D eigenvalue weighted by Crippen LogP contribution is -2.32. The molecule has 2 aromatic rings. The van der Waals surface area contributed by atoms with Gasteiger partial charge in [-0.2, -0.15) is 0 Å². The molecule has 1 amide bonds. The van der Waals surface area contributed by atoms with Gasteiger partial charge in [-0.25, -0.2) is 8.42 Å². The zero-order valence-corrected chi connectivity index (χ0v) is 18.6. The molecule has 1 saturated heterocycles. The Morgan fingerprint density at radius 1 is 1.06 bits per heavy atom. The Labute approximate surface area is 183 Å². The number of carbonyl (C=O) groups is 1. The topological polar surface area (TPSA) is 82.1 Å². The van der Waals surface area contributed by atoms with E-state index in [-0.39, 0.29) is 23.8 Å². The SMILES string of the molecule is CN(Cc1ccccc1N1CCCCC1)C(=O)CCN=C1NS(=O)(=O)c2ccccc21. The van der Waals surface area contributed by atoms with Crippen LogP contribution in [0.15, 0.2) is 58.4 Å². The van der Waals surface area contributed by atoms with E-state index in [0.717, 1.165) is 18.7 Å². The smallest absolute Gasteiger partial charge is 0.263 e. The normalized spacial score (nSPS) is 18.5. The van der Waals surface area contributed by atoms with Crippen LogP contribution in [0.2, 0.25) is 0 Å². The van der Waals surface area contributed by atoms with E-state index in [2.05, 4.69) is 26.7 Å². The standard InChI is InChI=1S/C23H28N4O3S/c1-26(17-18-9-3-5-11-20(18)27-15-7-2-8-16-27)22(28)13-14-24-23-19-10-4-6-12-21(19)31(29,30)25-23/h3-6,9-12H,2,7-8,13-17H2,1H3,(H,24,25). The number of anilines is 1. The number of amides is 1. The van der Waals surface area contributed by atoms with Crippen LogP contribution in [0.5, 0.6) is 0 Å². The molecule has 0 unspecified atom stereocenters. The summed E-state index contributed by atoms with van der Waals surface area (Å²) in [5.74, 6) is 0.286. The Kier molecular flexibility index (Phi) is 6.27. The predicted octanol–water partition coefficient (Wildman–Crippen LogP) is 2.76. The van der Waals surface area contributed by atoms with Crippen molar-refractivity contribution in [2.75, 3.05) is 31.6 Å². The molecule has 31 heavy (non-hydrogen) atoms. The van der Waals surface area contributed by atoms with Crippen molar-refractivity contribution >= 4 is 27.5 Å². The van der Waals surface area contributed by atoms with Gasteiger partial charge < -0.3 is 9.80 Å². The second-order valence-corrected chi connectivity index (χ2v) is 9.66. The molecule has 0 atom stereocenters. The molecular weight excluding hydrogens is 412 g/mol. The van der Waals surface area contributed by atoms with Crippen molar-refractivity contribution in [1.29, 1.82) is 0 Å². The molecule has 2 aromatic carbocycles. The van der Waals surface area contributed by atoms with Crippen LogP contribution in [0.1, 0.15) is 36.8 Å². The van der Waals surface area contributed by atoms with E-state index in [4.69, 9.17) is 0 Å². The molecule has 0 saturated carbocycles. The first-order valence-corrected chi connectivity index (χ1v) is 12.2. The zero-order valence-electron chi connectivity index (χ0n) is 17.8. The average Bonchev–Trinajstić information content (AvgIpc) is 3.05. The van der Waals surface area contributed by atoms with Gasteiger partial charge in [0.05, 0.1) is 11.4 Å². The summed E-state index contributed by atoms with van der Waals surface area (Å²) >= 11 is 0. The van der Waals surface area contributed by atoms with Crippen LogP contribution in [-0.4, -0.2) is 51.7 Å². The highest BCUT2D eigenvalue weighted by Gasteiger charge is 2.30. The molecular formula is C23H28N4O3S. The summed E-state index contributed by atoms with van der Waals surface area (Å²) in [5.41, 5.74) is 2.90. The molecule has 0 bridgehead atoms. The second kappa shape index (κ2) is 9.09. The lowest BCUT2D eigenvalue weighted by Gasteiger charge is -2.31. The Balaban J connectivity index is 1.38. The fraction of sp³-hybridized carbons (Fsp3) is 0.391. The molecule has 2 heterocycles. The van der Waals surface area contributed by atoms with Gasteiger partial charge in [-0.15, -0.1) is 0 Å². The quantitative estimate of drug-likeness (QED) is 0.749. The summed E-state index contributed by atoms with van der Waals surface area (Å²) in [6.45, 7) is 2.88. The van der Waals surface area contributed by atoms with Gasteiger partial charge in [0.2, 0.25) is 5.91 Å². The van der Waals surface area contributed by atoms with Crippen LogP contribution in [-0.2, 0) is 21.4 Å². The van der Waals surface area contributed by atoms with Crippen LogP contribution in [0.25, 0.3) is 0 Å². The van der Waals surface area contributed by atoms with E-state index >= 15 is 0 Å².